The first-order valence-corrected chi connectivity index (χ1v) is 8.15. The van der Waals surface area contributed by atoms with E-state index in [1.807, 2.05) is 43.3 Å². The first kappa shape index (κ1) is 15.6. The third-order valence-electron chi connectivity index (χ3n) is 4.15. The van der Waals surface area contributed by atoms with Gasteiger partial charge in [0.15, 0.2) is 5.96 Å². The van der Waals surface area contributed by atoms with E-state index in [1.54, 1.807) is 0 Å². The number of aliphatic imine (C=N–C) groups is 1. The lowest BCUT2D eigenvalue weighted by Crippen LogP contribution is -2.30. The van der Waals surface area contributed by atoms with E-state index in [0.717, 1.165) is 30.3 Å². The average Bonchev–Trinajstić information content (AvgIpc) is 3.21. The van der Waals surface area contributed by atoms with E-state index in [0.29, 0.717) is 12.5 Å². The molecule has 1 saturated heterocycles. The number of anilines is 1. The molecule has 23 heavy (non-hydrogen) atoms. The van der Waals surface area contributed by atoms with Crippen LogP contribution in [0.2, 0.25) is 0 Å². The largest absolute Gasteiger partial charge is 0.465 e. The second-order valence-corrected chi connectivity index (χ2v) is 5.92. The summed E-state index contributed by atoms with van der Waals surface area (Å²) in [6.45, 7) is 4.75. The number of rotatable bonds is 5. The lowest BCUT2D eigenvalue weighted by atomic mass is 10.2. The van der Waals surface area contributed by atoms with Gasteiger partial charge >= 0.3 is 0 Å². The van der Waals surface area contributed by atoms with Gasteiger partial charge in [0.1, 0.15) is 11.5 Å². The van der Waals surface area contributed by atoms with Gasteiger partial charge in [-0.15, -0.1) is 0 Å². The molecule has 1 unspecified atom stereocenters. The predicted molar refractivity (Wildman–Crippen MR) is 93.5 cm³/mol. The highest BCUT2D eigenvalue weighted by molar-refractivity contribution is 5.92. The van der Waals surface area contributed by atoms with E-state index < -0.39 is 0 Å². The molecule has 122 valence electrons. The van der Waals surface area contributed by atoms with Gasteiger partial charge in [0.05, 0.1) is 12.6 Å². The fraction of sp³-hybridized carbons (Fsp3) is 0.389. The lowest BCUT2D eigenvalue weighted by Gasteiger charge is -2.24. The van der Waals surface area contributed by atoms with Crippen LogP contribution in [-0.2, 0) is 0 Å². The summed E-state index contributed by atoms with van der Waals surface area (Å²) in [7, 11) is 0. The Hall–Kier alpha value is -2.27. The molecule has 5 heteroatoms. The fourth-order valence-electron chi connectivity index (χ4n) is 2.96. The SMILES string of the molecule is Cc1ccc(C(CN=C(N)Nc2ccccc2)N2CCCC2)o1. The zero-order valence-corrected chi connectivity index (χ0v) is 13.5. The molecule has 0 spiro atoms. The van der Waals surface area contributed by atoms with Crippen LogP contribution in [0.5, 0.6) is 0 Å². The van der Waals surface area contributed by atoms with Crippen LogP contribution in [0.4, 0.5) is 5.69 Å². The highest BCUT2D eigenvalue weighted by Gasteiger charge is 2.25. The van der Waals surface area contributed by atoms with Crippen molar-refractivity contribution in [3.63, 3.8) is 0 Å². The second-order valence-electron chi connectivity index (χ2n) is 5.92. The number of aryl methyl sites for hydroxylation is 1. The van der Waals surface area contributed by atoms with Gasteiger partial charge in [-0.1, -0.05) is 18.2 Å². The summed E-state index contributed by atoms with van der Waals surface area (Å²) < 4.78 is 5.84. The summed E-state index contributed by atoms with van der Waals surface area (Å²) in [6, 6.07) is 14.1. The molecule has 3 N–H and O–H groups in total. The Balaban J connectivity index is 1.69. The molecule has 1 aromatic heterocycles. The van der Waals surface area contributed by atoms with Crippen LogP contribution in [0.3, 0.4) is 0 Å². The third-order valence-corrected chi connectivity index (χ3v) is 4.15. The number of likely N-dealkylation sites (tertiary alicyclic amines) is 1. The number of nitrogens with two attached hydrogens (primary N) is 1. The number of nitrogens with zero attached hydrogens (tertiary/aromatic N) is 2. The molecule has 5 nitrogen and oxygen atoms in total. The van der Waals surface area contributed by atoms with E-state index in [9.17, 15) is 0 Å². The zero-order chi connectivity index (χ0) is 16.1. The van der Waals surface area contributed by atoms with Crippen molar-refractivity contribution in [3.05, 3.63) is 54.0 Å². The van der Waals surface area contributed by atoms with Crippen molar-refractivity contribution < 1.29 is 4.42 Å². The van der Waals surface area contributed by atoms with Gasteiger partial charge in [0.2, 0.25) is 0 Å². The van der Waals surface area contributed by atoms with Gasteiger partial charge in [-0.25, -0.2) is 0 Å². The Morgan fingerprint density at radius 1 is 1.22 bits per heavy atom. The van der Waals surface area contributed by atoms with Gasteiger partial charge in [0.25, 0.3) is 0 Å². The minimum Gasteiger partial charge on any atom is -0.465 e. The van der Waals surface area contributed by atoms with Gasteiger partial charge in [-0.3, -0.25) is 9.89 Å². The van der Waals surface area contributed by atoms with Crippen molar-refractivity contribution >= 4 is 11.6 Å². The molecule has 0 bridgehead atoms. The normalized spacial score (nSPS) is 17.3. The Bertz CT molecular complexity index is 644. The van der Waals surface area contributed by atoms with Crippen molar-refractivity contribution in [2.45, 2.75) is 25.8 Å². The van der Waals surface area contributed by atoms with Crippen LogP contribution in [-0.4, -0.2) is 30.5 Å². The van der Waals surface area contributed by atoms with Crippen molar-refractivity contribution in [1.29, 1.82) is 0 Å². The van der Waals surface area contributed by atoms with Gasteiger partial charge in [-0.05, 0) is 57.1 Å². The molecule has 2 heterocycles. The molecule has 1 atom stereocenters. The Morgan fingerprint density at radius 2 is 1.96 bits per heavy atom. The van der Waals surface area contributed by atoms with Crippen LogP contribution < -0.4 is 11.1 Å². The number of hydrogen-bond acceptors (Lipinski definition) is 3. The molecule has 3 rings (SSSR count). The van der Waals surface area contributed by atoms with Crippen LogP contribution in [0, 0.1) is 6.92 Å². The Morgan fingerprint density at radius 3 is 2.61 bits per heavy atom. The van der Waals surface area contributed by atoms with Crippen LogP contribution in [0.15, 0.2) is 51.9 Å². The van der Waals surface area contributed by atoms with Crippen LogP contribution >= 0.6 is 0 Å². The van der Waals surface area contributed by atoms with Gasteiger partial charge in [0, 0.05) is 5.69 Å². The number of para-hydroxylation sites is 1. The molecule has 2 aromatic rings. The molecular formula is C18H24N4O. The lowest BCUT2D eigenvalue weighted by molar-refractivity contribution is 0.219. The fourth-order valence-corrected chi connectivity index (χ4v) is 2.96. The molecule has 1 aromatic carbocycles. The monoisotopic (exact) mass is 312 g/mol. The van der Waals surface area contributed by atoms with Crippen LogP contribution in [0.25, 0.3) is 0 Å². The first-order chi connectivity index (χ1) is 11.2. The molecule has 0 aliphatic carbocycles. The van der Waals surface area contributed by atoms with E-state index in [2.05, 4.69) is 21.3 Å². The molecule has 1 aliphatic rings. The summed E-state index contributed by atoms with van der Waals surface area (Å²) in [5.74, 6) is 2.34. The second kappa shape index (κ2) is 7.33. The minimum atomic E-state index is 0.155. The summed E-state index contributed by atoms with van der Waals surface area (Å²) in [5, 5.41) is 3.12. The molecule has 0 amide bonds. The highest BCUT2D eigenvalue weighted by atomic mass is 16.3. The van der Waals surface area contributed by atoms with Crippen molar-refractivity contribution in [2.75, 3.05) is 25.0 Å². The molecular weight excluding hydrogens is 288 g/mol. The topological polar surface area (TPSA) is 66.8 Å². The van der Waals surface area contributed by atoms with Gasteiger partial charge in [-0.2, -0.15) is 0 Å². The van der Waals surface area contributed by atoms with Crippen molar-refractivity contribution in [3.8, 4) is 0 Å². The summed E-state index contributed by atoms with van der Waals surface area (Å²) >= 11 is 0. The third kappa shape index (κ3) is 4.13. The minimum absolute atomic E-state index is 0.155. The maximum absolute atomic E-state index is 6.03. The summed E-state index contributed by atoms with van der Waals surface area (Å²) in [5.41, 5.74) is 6.97. The van der Waals surface area contributed by atoms with E-state index >= 15 is 0 Å². The highest BCUT2D eigenvalue weighted by Crippen LogP contribution is 2.26. The smallest absolute Gasteiger partial charge is 0.193 e. The predicted octanol–water partition coefficient (Wildman–Crippen LogP) is 3.15. The molecule has 0 radical (unpaired) electrons. The number of nitrogens with one attached hydrogen (secondary N) is 1. The summed E-state index contributed by atoms with van der Waals surface area (Å²) in [4.78, 5) is 6.96. The maximum atomic E-state index is 6.03. The standard InChI is InChI=1S/C18H24N4O/c1-14-9-10-17(23-14)16(22-11-5-6-12-22)13-20-18(19)21-15-7-3-2-4-8-15/h2-4,7-10,16H,5-6,11-13H2,1H3,(H3,19,20,21). The zero-order valence-electron chi connectivity index (χ0n) is 13.5. The Labute approximate surface area is 137 Å². The number of furan rings is 1. The molecule has 0 saturated carbocycles. The van der Waals surface area contributed by atoms with E-state index in [4.69, 9.17) is 10.2 Å². The number of guanidine groups is 1. The van der Waals surface area contributed by atoms with E-state index in [-0.39, 0.29) is 6.04 Å². The average molecular weight is 312 g/mol. The van der Waals surface area contributed by atoms with Gasteiger partial charge < -0.3 is 15.5 Å². The Kier molecular flexibility index (Phi) is 4.98. The van der Waals surface area contributed by atoms with Crippen molar-refractivity contribution in [1.82, 2.24) is 4.90 Å². The van der Waals surface area contributed by atoms with E-state index in [1.165, 1.54) is 12.8 Å². The summed E-state index contributed by atoms with van der Waals surface area (Å²) in [6.07, 6.45) is 2.47. The molecule has 1 fully saturated rings. The van der Waals surface area contributed by atoms with Crippen molar-refractivity contribution in [2.24, 2.45) is 10.7 Å². The van der Waals surface area contributed by atoms with Crippen LogP contribution in [0.1, 0.15) is 30.4 Å². The maximum Gasteiger partial charge on any atom is 0.193 e. The number of benzene rings is 1. The number of hydrogen-bond donors (Lipinski definition) is 2. The first-order valence-electron chi connectivity index (χ1n) is 8.15. The molecule has 1 aliphatic heterocycles. The quantitative estimate of drug-likeness (QED) is 0.657.